The molecule has 7 nitrogen and oxygen atoms in total. The van der Waals surface area contributed by atoms with Crippen LogP contribution in [0.4, 0.5) is 0 Å². The number of methoxy groups -OCH3 is 1. The van der Waals surface area contributed by atoms with E-state index in [-0.39, 0.29) is 6.54 Å². The van der Waals surface area contributed by atoms with Crippen molar-refractivity contribution >= 4 is 17.8 Å². The van der Waals surface area contributed by atoms with E-state index < -0.39 is 30.3 Å². The Bertz CT molecular complexity index is 303. The third kappa shape index (κ3) is 7.07. The van der Waals surface area contributed by atoms with E-state index in [2.05, 4.69) is 21.9 Å². The van der Waals surface area contributed by atoms with E-state index in [1.165, 1.54) is 0 Å². The first kappa shape index (κ1) is 15.1. The van der Waals surface area contributed by atoms with E-state index in [0.717, 1.165) is 7.11 Å². The smallest absolute Gasteiger partial charge is 0.326 e. The van der Waals surface area contributed by atoms with Gasteiger partial charge < -0.3 is 20.5 Å². The number of ether oxygens (including phenoxy) is 1. The van der Waals surface area contributed by atoms with E-state index >= 15 is 0 Å². The molecule has 0 aromatic carbocycles. The number of carbonyl (C=O) groups is 3. The number of esters is 1. The van der Waals surface area contributed by atoms with Crippen molar-refractivity contribution in [2.45, 2.75) is 12.5 Å². The Balaban J connectivity index is 4.15. The van der Waals surface area contributed by atoms with Gasteiger partial charge in [-0.05, 0) is 0 Å². The summed E-state index contributed by atoms with van der Waals surface area (Å²) in [6.07, 6.45) is 1.16. The Kier molecular flexibility index (Phi) is 7.36. The quantitative estimate of drug-likeness (QED) is 0.284. The number of carboxylic acid groups (broad SMARTS) is 1. The van der Waals surface area contributed by atoms with Gasteiger partial charge in [0, 0.05) is 6.54 Å². The summed E-state index contributed by atoms with van der Waals surface area (Å²) in [5.41, 5.74) is 0. The molecule has 0 fully saturated rings. The van der Waals surface area contributed by atoms with E-state index in [0.29, 0.717) is 6.54 Å². The van der Waals surface area contributed by atoms with Crippen LogP contribution in [-0.4, -0.2) is 49.2 Å². The van der Waals surface area contributed by atoms with Crippen LogP contribution in [0.2, 0.25) is 0 Å². The maximum atomic E-state index is 11.3. The van der Waals surface area contributed by atoms with Crippen molar-refractivity contribution in [3.63, 3.8) is 0 Å². The van der Waals surface area contributed by atoms with E-state index in [4.69, 9.17) is 5.11 Å². The zero-order valence-electron chi connectivity index (χ0n) is 9.56. The van der Waals surface area contributed by atoms with Crippen molar-refractivity contribution in [3.8, 4) is 0 Å². The minimum absolute atomic E-state index is 0.0447. The molecule has 96 valence electrons. The van der Waals surface area contributed by atoms with Crippen LogP contribution in [0.15, 0.2) is 12.7 Å². The van der Waals surface area contributed by atoms with Crippen molar-refractivity contribution in [3.05, 3.63) is 12.7 Å². The lowest BCUT2D eigenvalue weighted by molar-refractivity contribution is -0.148. The number of carboxylic acids is 1. The Morgan fingerprint density at radius 3 is 2.59 bits per heavy atom. The Morgan fingerprint density at radius 2 is 2.12 bits per heavy atom. The van der Waals surface area contributed by atoms with Gasteiger partial charge in [-0.2, -0.15) is 0 Å². The molecule has 0 aliphatic rings. The predicted octanol–water partition coefficient (Wildman–Crippen LogP) is -1.11. The van der Waals surface area contributed by atoms with Gasteiger partial charge in [0.2, 0.25) is 5.91 Å². The Hall–Kier alpha value is -1.89. The zero-order valence-corrected chi connectivity index (χ0v) is 9.56. The van der Waals surface area contributed by atoms with Crippen LogP contribution in [0.25, 0.3) is 0 Å². The molecular weight excluding hydrogens is 228 g/mol. The summed E-state index contributed by atoms with van der Waals surface area (Å²) in [6, 6.07) is -1.28. The first-order valence-electron chi connectivity index (χ1n) is 4.91. The molecule has 0 aliphatic heterocycles. The average Bonchev–Trinajstić information content (AvgIpc) is 2.28. The molecule has 1 amide bonds. The largest absolute Gasteiger partial charge is 0.480 e. The molecule has 1 atom stereocenters. The van der Waals surface area contributed by atoms with Crippen LogP contribution in [0, 0.1) is 0 Å². The number of aliphatic carboxylic acids is 1. The maximum absolute atomic E-state index is 11.3. The minimum atomic E-state index is -1.28. The fraction of sp³-hybridized carbons (Fsp3) is 0.500. The van der Waals surface area contributed by atoms with Gasteiger partial charge in [0.05, 0.1) is 20.1 Å². The van der Waals surface area contributed by atoms with E-state index in [1.54, 1.807) is 6.08 Å². The zero-order chi connectivity index (χ0) is 13.3. The lowest BCUT2D eigenvalue weighted by atomic mass is 10.2. The molecule has 0 aromatic heterocycles. The van der Waals surface area contributed by atoms with Crippen LogP contribution in [0.5, 0.6) is 0 Å². The monoisotopic (exact) mass is 244 g/mol. The van der Waals surface area contributed by atoms with Gasteiger partial charge in [-0.3, -0.25) is 9.59 Å². The summed E-state index contributed by atoms with van der Waals surface area (Å²) in [6.45, 7) is 3.84. The lowest BCUT2D eigenvalue weighted by Crippen LogP contribution is -2.45. The van der Waals surface area contributed by atoms with Crippen LogP contribution >= 0.6 is 0 Å². The van der Waals surface area contributed by atoms with Gasteiger partial charge in [0.25, 0.3) is 0 Å². The highest BCUT2D eigenvalue weighted by atomic mass is 16.5. The fourth-order valence-corrected chi connectivity index (χ4v) is 0.983. The highest BCUT2D eigenvalue weighted by Gasteiger charge is 2.23. The van der Waals surface area contributed by atoms with E-state index in [9.17, 15) is 14.4 Å². The standard InChI is InChI=1S/C10H16N2O5/c1-3-4-11-6-8(13)12-7(10(15)16)5-9(14)17-2/h3,7,11H,1,4-6H2,2H3,(H,12,13)(H,15,16)/t7-/m0/s1. The molecule has 0 aliphatic carbocycles. The second-order valence-electron chi connectivity index (χ2n) is 3.16. The SMILES string of the molecule is C=CCNCC(=O)N[C@@H](CC(=O)OC)C(=O)O. The van der Waals surface area contributed by atoms with Crippen molar-refractivity contribution in [2.75, 3.05) is 20.2 Å². The molecule has 0 aromatic rings. The van der Waals surface area contributed by atoms with Crippen molar-refractivity contribution < 1.29 is 24.2 Å². The Labute approximate surface area is 98.8 Å². The maximum Gasteiger partial charge on any atom is 0.326 e. The predicted molar refractivity (Wildman–Crippen MR) is 59.3 cm³/mol. The van der Waals surface area contributed by atoms with Crippen LogP contribution in [0.3, 0.4) is 0 Å². The molecule has 0 unspecified atom stereocenters. The van der Waals surface area contributed by atoms with Crippen molar-refractivity contribution in [2.24, 2.45) is 0 Å². The molecule has 0 saturated heterocycles. The van der Waals surface area contributed by atoms with Gasteiger partial charge in [0.1, 0.15) is 6.04 Å². The molecule has 0 rings (SSSR count). The second kappa shape index (κ2) is 8.28. The first-order chi connectivity index (χ1) is 8.01. The molecule has 0 saturated carbocycles. The molecule has 0 spiro atoms. The van der Waals surface area contributed by atoms with Crippen LogP contribution < -0.4 is 10.6 Å². The Morgan fingerprint density at radius 1 is 1.47 bits per heavy atom. The first-order valence-corrected chi connectivity index (χ1v) is 4.91. The minimum Gasteiger partial charge on any atom is -0.480 e. The normalized spacial score (nSPS) is 11.4. The summed E-state index contributed by atoms with van der Waals surface area (Å²) in [5, 5.41) is 13.7. The van der Waals surface area contributed by atoms with Crippen molar-refractivity contribution in [1.29, 1.82) is 0 Å². The molecule has 0 radical (unpaired) electrons. The van der Waals surface area contributed by atoms with E-state index in [1.807, 2.05) is 0 Å². The summed E-state index contributed by atoms with van der Waals surface area (Å²) in [5.74, 6) is -2.49. The van der Waals surface area contributed by atoms with Crippen LogP contribution in [-0.2, 0) is 19.1 Å². The molecule has 7 heteroatoms. The number of carbonyl (C=O) groups excluding carboxylic acids is 2. The molecule has 17 heavy (non-hydrogen) atoms. The molecule has 3 N–H and O–H groups in total. The number of hydrogen-bond acceptors (Lipinski definition) is 5. The highest BCUT2D eigenvalue weighted by Crippen LogP contribution is 1.94. The molecule has 0 bridgehead atoms. The molecule has 0 heterocycles. The second-order valence-corrected chi connectivity index (χ2v) is 3.16. The summed E-state index contributed by atoms with van der Waals surface area (Å²) in [7, 11) is 1.15. The summed E-state index contributed by atoms with van der Waals surface area (Å²) < 4.78 is 4.33. The van der Waals surface area contributed by atoms with Crippen LogP contribution in [0.1, 0.15) is 6.42 Å². The highest BCUT2D eigenvalue weighted by molar-refractivity contribution is 5.87. The number of nitrogens with one attached hydrogen (secondary N) is 2. The topological polar surface area (TPSA) is 105 Å². The summed E-state index contributed by atoms with van der Waals surface area (Å²) >= 11 is 0. The third-order valence-electron chi connectivity index (χ3n) is 1.81. The van der Waals surface area contributed by atoms with Gasteiger partial charge in [0.15, 0.2) is 0 Å². The lowest BCUT2D eigenvalue weighted by Gasteiger charge is -2.13. The van der Waals surface area contributed by atoms with Gasteiger partial charge in [-0.15, -0.1) is 6.58 Å². The fourth-order valence-electron chi connectivity index (χ4n) is 0.983. The third-order valence-corrected chi connectivity index (χ3v) is 1.81. The number of rotatable bonds is 8. The molecular formula is C10H16N2O5. The van der Waals surface area contributed by atoms with Gasteiger partial charge in [-0.1, -0.05) is 6.08 Å². The van der Waals surface area contributed by atoms with Gasteiger partial charge >= 0.3 is 11.9 Å². The van der Waals surface area contributed by atoms with Crippen molar-refractivity contribution in [1.82, 2.24) is 10.6 Å². The van der Waals surface area contributed by atoms with Gasteiger partial charge in [-0.25, -0.2) is 4.79 Å². The number of hydrogen-bond donors (Lipinski definition) is 3. The number of amides is 1. The summed E-state index contributed by atoms with van der Waals surface area (Å²) in [4.78, 5) is 32.9. The average molecular weight is 244 g/mol.